The van der Waals surface area contributed by atoms with Crippen molar-refractivity contribution < 1.29 is 4.79 Å². The van der Waals surface area contributed by atoms with Crippen molar-refractivity contribution in [1.82, 2.24) is 0 Å². The van der Waals surface area contributed by atoms with E-state index in [4.69, 9.17) is 0 Å². The van der Waals surface area contributed by atoms with E-state index >= 15 is 0 Å². The summed E-state index contributed by atoms with van der Waals surface area (Å²) in [4.78, 5) is 14.9. The Bertz CT molecular complexity index is 679. The van der Waals surface area contributed by atoms with E-state index in [0.717, 1.165) is 29.7 Å². The molecule has 0 N–H and O–H groups in total. The molecule has 1 aliphatic heterocycles. The van der Waals surface area contributed by atoms with Gasteiger partial charge in [0.2, 0.25) is 0 Å². The summed E-state index contributed by atoms with van der Waals surface area (Å²) >= 11 is 0. The van der Waals surface area contributed by atoms with Gasteiger partial charge in [-0.15, -0.1) is 0 Å². The molecule has 2 aromatic carbocycles. The van der Waals surface area contributed by atoms with Gasteiger partial charge in [-0.3, -0.25) is 4.79 Å². The second kappa shape index (κ2) is 5.36. The summed E-state index contributed by atoms with van der Waals surface area (Å²) in [5.74, 6) is 0.224. The summed E-state index contributed by atoms with van der Waals surface area (Å²) < 4.78 is 0. The van der Waals surface area contributed by atoms with Crippen LogP contribution in [-0.4, -0.2) is 18.9 Å². The Labute approximate surface area is 126 Å². The van der Waals surface area contributed by atoms with Crippen LogP contribution in [0.3, 0.4) is 0 Å². The Morgan fingerprint density at radius 3 is 2.48 bits per heavy atom. The van der Waals surface area contributed by atoms with Gasteiger partial charge in [-0.2, -0.15) is 0 Å². The molecule has 21 heavy (non-hydrogen) atoms. The van der Waals surface area contributed by atoms with Crippen molar-refractivity contribution in [3.63, 3.8) is 0 Å². The minimum Gasteiger partial charge on any atom is -0.363 e. The average molecular weight is 279 g/mol. The summed E-state index contributed by atoms with van der Waals surface area (Å²) in [5.41, 5.74) is 6.85. The van der Waals surface area contributed by atoms with E-state index in [1.165, 1.54) is 16.8 Å². The van der Waals surface area contributed by atoms with Crippen molar-refractivity contribution in [2.75, 3.05) is 18.0 Å². The molecular weight excluding hydrogens is 258 g/mol. The highest BCUT2D eigenvalue weighted by Gasteiger charge is 2.22. The largest absolute Gasteiger partial charge is 0.363 e. The second-order valence-corrected chi connectivity index (χ2v) is 6.00. The molecule has 2 heteroatoms. The topological polar surface area (TPSA) is 20.3 Å². The maximum atomic E-state index is 12.7. The Morgan fingerprint density at radius 1 is 1.10 bits per heavy atom. The van der Waals surface area contributed by atoms with Gasteiger partial charge >= 0.3 is 0 Å². The van der Waals surface area contributed by atoms with Crippen LogP contribution in [0.4, 0.5) is 5.69 Å². The number of hydrogen-bond donors (Lipinski definition) is 0. The number of anilines is 1. The quantitative estimate of drug-likeness (QED) is 0.795. The van der Waals surface area contributed by atoms with Gasteiger partial charge in [0, 0.05) is 17.8 Å². The zero-order valence-electron chi connectivity index (χ0n) is 12.9. The molecule has 0 spiro atoms. The van der Waals surface area contributed by atoms with Crippen LogP contribution in [0.1, 0.15) is 32.6 Å². The maximum absolute atomic E-state index is 12.7. The molecule has 2 aromatic rings. The van der Waals surface area contributed by atoms with Crippen molar-refractivity contribution >= 4 is 11.5 Å². The molecule has 0 saturated carbocycles. The van der Waals surface area contributed by atoms with Crippen LogP contribution >= 0.6 is 0 Å². The third-order valence-electron chi connectivity index (χ3n) is 4.27. The predicted octanol–water partition coefficient (Wildman–Crippen LogP) is 3.86. The van der Waals surface area contributed by atoms with Gasteiger partial charge < -0.3 is 4.90 Å². The van der Waals surface area contributed by atoms with Gasteiger partial charge in [0.1, 0.15) is 0 Å². The standard InChI is InChI=1S/C19H21NO/c1-13-10-14(2)19(15(3)11-13)18(21)12-20-9-8-16-6-4-5-7-17(16)20/h4-7,10-11H,8-9,12H2,1-3H3. The van der Waals surface area contributed by atoms with Gasteiger partial charge in [0.05, 0.1) is 6.54 Å². The minimum absolute atomic E-state index is 0.224. The molecule has 0 saturated heterocycles. The monoisotopic (exact) mass is 279 g/mol. The van der Waals surface area contributed by atoms with Crippen molar-refractivity contribution in [3.05, 3.63) is 64.2 Å². The molecule has 3 rings (SSSR count). The van der Waals surface area contributed by atoms with Crippen molar-refractivity contribution in [3.8, 4) is 0 Å². The predicted molar refractivity (Wildman–Crippen MR) is 87.3 cm³/mol. The van der Waals surface area contributed by atoms with Crippen LogP contribution in [0.5, 0.6) is 0 Å². The first kappa shape index (κ1) is 13.9. The first-order valence-electron chi connectivity index (χ1n) is 7.50. The summed E-state index contributed by atoms with van der Waals surface area (Å²) in [6.45, 7) is 7.55. The number of rotatable bonds is 3. The fraction of sp³-hybridized carbons (Fsp3) is 0.316. The van der Waals surface area contributed by atoms with Crippen molar-refractivity contribution in [2.24, 2.45) is 0 Å². The number of benzene rings is 2. The highest BCUT2D eigenvalue weighted by Crippen LogP contribution is 2.28. The average Bonchev–Trinajstić information content (AvgIpc) is 2.81. The molecule has 0 amide bonds. The normalized spacial score (nSPS) is 13.4. The van der Waals surface area contributed by atoms with Gasteiger partial charge in [0.15, 0.2) is 5.78 Å². The van der Waals surface area contributed by atoms with Gasteiger partial charge in [-0.1, -0.05) is 35.9 Å². The molecule has 0 fully saturated rings. The third-order valence-corrected chi connectivity index (χ3v) is 4.27. The van der Waals surface area contributed by atoms with Crippen LogP contribution < -0.4 is 4.90 Å². The zero-order valence-corrected chi connectivity index (χ0v) is 12.9. The lowest BCUT2D eigenvalue weighted by molar-refractivity contribution is 0.0998. The number of fused-ring (bicyclic) bond motifs is 1. The van der Waals surface area contributed by atoms with Gasteiger partial charge in [-0.25, -0.2) is 0 Å². The molecule has 2 nitrogen and oxygen atoms in total. The second-order valence-electron chi connectivity index (χ2n) is 6.00. The number of Topliss-reactive ketones (excluding diaryl/α,β-unsaturated/α-hetero) is 1. The number of nitrogens with zero attached hydrogens (tertiary/aromatic N) is 1. The first-order chi connectivity index (χ1) is 10.1. The van der Waals surface area contributed by atoms with Gasteiger partial charge in [0.25, 0.3) is 0 Å². The van der Waals surface area contributed by atoms with E-state index in [1.807, 2.05) is 19.9 Å². The van der Waals surface area contributed by atoms with Crippen LogP contribution in [0, 0.1) is 20.8 Å². The first-order valence-corrected chi connectivity index (χ1v) is 7.50. The fourth-order valence-electron chi connectivity index (χ4n) is 3.44. The molecule has 0 radical (unpaired) electrons. The lowest BCUT2D eigenvalue weighted by Gasteiger charge is -2.20. The van der Waals surface area contributed by atoms with Crippen molar-refractivity contribution in [1.29, 1.82) is 0 Å². The number of aryl methyl sites for hydroxylation is 3. The lowest BCUT2D eigenvalue weighted by atomic mass is 9.96. The summed E-state index contributed by atoms with van der Waals surface area (Å²) in [7, 11) is 0. The van der Waals surface area contributed by atoms with Crippen LogP contribution in [0.2, 0.25) is 0 Å². The summed E-state index contributed by atoms with van der Waals surface area (Å²) in [5, 5.41) is 0. The third kappa shape index (κ3) is 2.58. The zero-order chi connectivity index (χ0) is 15.0. The number of ketones is 1. The summed E-state index contributed by atoms with van der Waals surface area (Å²) in [6.07, 6.45) is 1.04. The van der Waals surface area contributed by atoms with E-state index < -0.39 is 0 Å². The van der Waals surface area contributed by atoms with E-state index in [0.29, 0.717) is 6.54 Å². The van der Waals surface area contributed by atoms with Crippen molar-refractivity contribution in [2.45, 2.75) is 27.2 Å². The van der Waals surface area contributed by atoms with Crippen LogP contribution in [-0.2, 0) is 6.42 Å². The highest BCUT2D eigenvalue weighted by molar-refractivity contribution is 6.02. The molecule has 1 heterocycles. The smallest absolute Gasteiger partial charge is 0.182 e. The lowest BCUT2D eigenvalue weighted by Crippen LogP contribution is -2.28. The van der Waals surface area contributed by atoms with E-state index in [2.05, 4.69) is 42.2 Å². The SMILES string of the molecule is Cc1cc(C)c(C(=O)CN2CCc3ccccc32)c(C)c1. The molecule has 0 bridgehead atoms. The molecule has 0 aliphatic carbocycles. The Hall–Kier alpha value is -2.09. The minimum atomic E-state index is 0.224. The number of carbonyl (C=O) groups excluding carboxylic acids is 1. The Morgan fingerprint density at radius 2 is 1.76 bits per heavy atom. The van der Waals surface area contributed by atoms with E-state index in [9.17, 15) is 4.79 Å². The number of carbonyl (C=O) groups is 1. The van der Waals surface area contributed by atoms with E-state index in [-0.39, 0.29) is 5.78 Å². The molecular formula is C19H21NO. The molecule has 108 valence electrons. The maximum Gasteiger partial charge on any atom is 0.182 e. The molecule has 1 aliphatic rings. The summed E-state index contributed by atoms with van der Waals surface area (Å²) in [6, 6.07) is 12.6. The van der Waals surface area contributed by atoms with Crippen LogP contribution in [0.15, 0.2) is 36.4 Å². The molecule has 0 aromatic heterocycles. The highest BCUT2D eigenvalue weighted by atomic mass is 16.1. The number of hydrogen-bond acceptors (Lipinski definition) is 2. The fourth-order valence-corrected chi connectivity index (χ4v) is 3.44. The molecule has 0 unspecified atom stereocenters. The molecule has 0 atom stereocenters. The van der Waals surface area contributed by atoms with Crippen LogP contribution in [0.25, 0.3) is 0 Å². The number of para-hydroxylation sites is 1. The Kier molecular flexibility index (Phi) is 3.54. The van der Waals surface area contributed by atoms with Gasteiger partial charge in [-0.05, 0) is 49.9 Å². The Balaban J connectivity index is 1.86. The van der Waals surface area contributed by atoms with E-state index in [1.54, 1.807) is 0 Å².